The van der Waals surface area contributed by atoms with Crippen LogP contribution in [-0.2, 0) is 35.1 Å². The van der Waals surface area contributed by atoms with E-state index in [1.54, 1.807) is 66.3 Å². The van der Waals surface area contributed by atoms with Crippen molar-refractivity contribution in [3.8, 4) is 0 Å². The first-order valence-electron chi connectivity index (χ1n) is 19.5. The zero-order valence-electron chi connectivity index (χ0n) is 34.4. The average Bonchev–Trinajstić information content (AvgIpc) is 3.04. The third-order valence-electron chi connectivity index (χ3n) is 9.12. The van der Waals surface area contributed by atoms with Gasteiger partial charge in [0.2, 0.25) is 0 Å². The number of carbonyl (C=O) groups is 5. The molecule has 1 saturated carbocycles. The maximum atomic E-state index is 13.5. The molecule has 6 N–H and O–H groups in total. The molecule has 0 unspecified atom stereocenters. The van der Waals surface area contributed by atoms with E-state index in [0.717, 1.165) is 31.2 Å². The number of rotatable bonds is 18. The van der Waals surface area contributed by atoms with E-state index in [4.69, 9.17) is 10.9 Å². The van der Waals surface area contributed by atoms with Gasteiger partial charge in [-0.2, -0.15) is 0 Å². The van der Waals surface area contributed by atoms with Gasteiger partial charge in [-0.25, -0.2) is 9.59 Å². The van der Waals surface area contributed by atoms with Crippen molar-refractivity contribution in [2.75, 3.05) is 13.1 Å². The van der Waals surface area contributed by atoms with Crippen LogP contribution in [0, 0.1) is 42.0 Å². The van der Waals surface area contributed by atoms with Crippen LogP contribution in [0.15, 0.2) is 24.3 Å². The van der Waals surface area contributed by atoms with Crippen LogP contribution in [0.4, 0.5) is 4.79 Å². The average molecular weight is 941 g/mol. The molecule has 0 heterocycles. The summed E-state index contributed by atoms with van der Waals surface area (Å²) in [7, 11) is 0. The van der Waals surface area contributed by atoms with Crippen molar-refractivity contribution in [1.82, 2.24) is 21.3 Å². The van der Waals surface area contributed by atoms with Crippen molar-refractivity contribution in [3.63, 3.8) is 0 Å². The van der Waals surface area contributed by atoms with Crippen molar-refractivity contribution in [3.05, 3.63) is 29.8 Å². The van der Waals surface area contributed by atoms with E-state index >= 15 is 0 Å². The van der Waals surface area contributed by atoms with E-state index in [1.165, 1.54) is 3.27 Å². The van der Waals surface area contributed by atoms with Crippen molar-refractivity contribution in [2.24, 2.45) is 23.0 Å². The normalized spacial score (nSPS) is 18.4. The fraction of sp³-hybridized carbons (Fsp3) is 0.725. The Kier molecular flexibility index (Phi) is 18.0. The molecule has 1 aromatic carbocycles. The van der Waals surface area contributed by atoms with Crippen molar-refractivity contribution in [2.45, 2.75) is 156 Å². The Morgan fingerprint density at radius 3 is 2.02 bits per heavy atom. The van der Waals surface area contributed by atoms with Crippen molar-refractivity contribution < 1.29 is 59.6 Å². The molecule has 0 aromatic heterocycles. The summed E-state index contributed by atoms with van der Waals surface area (Å²) in [5, 5.41) is 11.8. The Morgan fingerprint density at radius 1 is 0.830 bits per heavy atom. The summed E-state index contributed by atoms with van der Waals surface area (Å²) in [6.07, 6.45) is 5.55. The summed E-state index contributed by atoms with van der Waals surface area (Å²) in [4.78, 5) is 65.5. The molecule has 4 amide bonds. The summed E-state index contributed by atoms with van der Waals surface area (Å²) in [6, 6.07) is 5.46. The second-order valence-corrected chi connectivity index (χ2v) is 19.0. The summed E-state index contributed by atoms with van der Waals surface area (Å²) in [5.41, 5.74) is 1.68. The number of hydrogen-bond acceptors (Lipinski definition) is 8. The number of urea groups is 1. The van der Waals surface area contributed by atoms with E-state index in [-0.39, 0.29) is 42.0 Å². The van der Waals surface area contributed by atoms with E-state index in [2.05, 4.69) is 27.0 Å². The molecule has 3 atom stereocenters. The van der Waals surface area contributed by atoms with Crippen LogP contribution in [0.2, 0.25) is 1.41 Å². The maximum absolute atomic E-state index is 13.5. The molecule has 0 radical (unpaired) electrons. The van der Waals surface area contributed by atoms with Gasteiger partial charge in [0.15, 0.2) is 0 Å². The zero-order chi connectivity index (χ0) is 40.7. The Labute approximate surface area is 334 Å². The fourth-order valence-corrected chi connectivity index (χ4v) is 6.64. The van der Waals surface area contributed by atoms with E-state index in [1.807, 2.05) is 45.0 Å². The molecular weight excluding hydrogens is 873 g/mol. The number of nitrogens with one attached hydrogen (secondary N) is 4. The van der Waals surface area contributed by atoms with Crippen LogP contribution in [0.25, 0.3) is 0 Å². The van der Waals surface area contributed by atoms with Crippen LogP contribution in [0.3, 0.4) is 0 Å². The molecule has 1 fully saturated rings. The van der Waals surface area contributed by atoms with Gasteiger partial charge in [-0.3, -0.25) is 4.79 Å². The Balaban J connectivity index is 1.98. The van der Waals surface area contributed by atoms with Crippen molar-refractivity contribution in [1.29, 1.82) is 0 Å². The molecule has 12 nitrogen and oxygen atoms in total. The number of hydrogen-bond donors (Lipinski definition) is 5. The molecule has 1 aromatic rings. The predicted octanol–water partition coefficient (Wildman–Crippen LogP) is 4.49. The number of unbranched alkanes of at least 4 members (excludes halogenated alkanes) is 1. The minimum atomic E-state index is -1.05. The number of nitrogens with two attached hydrogens (primary N) is 1. The van der Waals surface area contributed by atoms with Gasteiger partial charge in [-0.1, -0.05) is 20.8 Å². The molecular formula is C40H66AtN5O7. The van der Waals surface area contributed by atoms with E-state index < -0.39 is 41.3 Å². The molecule has 0 spiro atoms. The van der Waals surface area contributed by atoms with Crippen LogP contribution >= 0.6 is 0 Å². The first-order valence-corrected chi connectivity index (χ1v) is 20.5. The third-order valence-corrected chi connectivity index (χ3v) is 10.1. The molecule has 0 aliphatic heterocycles. The van der Waals surface area contributed by atoms with Gasteiger partial charge in [0.25, 0.3) is 0 Å². The number of carbonyl (C=O) groups excluding carboxylic acids is 5. The van der Waals surface area contributed by atoms with Gasteiger partial charge >= 0.3 is 184 Å². The fourth-order valence-electron chi connectivity index (χ4n) is 6.15. The summed E-state index contributed by atoms with van der Waals surface area (Å²) < 4.78 is 19.4. The number of benzene rings is 1. The first kappa shape index (κ1) is 44.6. The molecule has 1 aliphatic carbocycles. The summed E-state index contributed by atoms with van der Waals surface area (Å²) in [5.74, 6) is -1.19. The summed E-state index contributed by atoms with van der Waals surface area (Å²) in [6.45, 7) is 17.6. The predicted molar refractivity (Wildman–Crippen MR) is 203 cm³/mol. The molecule has 0 saturated heterocycles. The van der Waals surface area contributed by atoms with Gasteiger partial charge in [-0.05, 0) is 59.9 Å². The Hall–Kier alpha value is -2.79. The SMILES string of the molecule is [2H]NCC1CCC(C(=O)N[C@@H](Cc2ccc([211At])cc2)C(=O)NCCCC[C@H](NC(=O)N[C@@H](CCC(=O)OC(C)(C)C)C(=O)OC(C)(C)C)C(C)(C)C)CC1. The number of ether oxygens (including phenoxy) is 2. The van der Waals surface area contributed by atoms with Gasteiger partial charge in [0.05, 0.1) is 0 Å². The van der Waals surface area contributed by atoms with Crippen LogP contribution < -0.4 is 30.3 Å². The van der Waals surface area contributed by atoms with Crippen molar-refractivity contribution >= 4 is 33.1 Å². The van der Waals surface area contributed by atoms with E-state index in [9.17, 15) is 24.0 Å². The third kappa shape index (κ3) is 18.9. The molecule has 13 heteroatoms. The molecule has 300 valence electrons. The second-order valence-electron chi connectivity index (χ2n) is 17.3. The van der Waals surface area contributed by atoms with Crippen LogP contribution in [0.1, 0.15) is 126 Å². The second kappa shape index (κ2) is 21.3. The Bertz CT molecular complexity index is 1370. The standard InChI is InChI=1S/C40H66AtN5O7/c1-38(2,3)32(46-37(51)45-30(36(50)53-40(7,8)9)21-22-33(47)52-39(4,5)6)12-10-11-23-43-35(49)31(24-26-15-19-29(41)20-16-26)44-34(48)28-17-13-27(25-42)14-18-28/h15-16,19-20,27-28,30-32H,10-14,17-18,21-25,42H2,1-9H3,(H,43,49)(H,44,48)(H2,45,46,51)/t27?,28?,30-,31-,32-/m0/s1/i41+1/hD. The minimum absolute atomic E-state index is 0.0225. The summed E-state index contributed by atoms with van der Waals surface area (Å²) >= 11 is 1.58. The van der Waals surface area contributed by atoms with Gasteiger partial charge in [0.1, 0.15) is 18.7 Å². The number of amides is 4. The van der Waals surface area contributed by atoms with Crippen LogP contribution in [0.5, 0.6) is 0 Å². The Morgan fingerprint density at radius 2 is 1.45 bits per heavy atom. The number of esters is 2. The van der Waals surface area contributed by atoms with Gasteiger partial charge in [-0.15, -0.1) is 0 Å². The van der Waals surface area contributed by atoms with E-state index in [0.29, 0.717) is 44.7 Å². The topological polar surface area (TPSA) is 178 Å². The van der Waals surface area contributed by atoms with Gasteiger partial charge in [0, 0.05) is 12.5 Å². The molecule has 2 rings (SSSR count). The van der Waals surface area contributed by atoms with Crippen LogP contribution in [-0.4, -0.2) is 72.2 Å². The first-order chi connectivity index (χ1) is 25.1. The zero-order valence-corrected chi connectivity index (χ0v) is 36.4. The van der Waals surface area contributed by atoms with Gasteiger partial charge < -0.3 is 25.8 Å². The molecule has 0 bridgehead atoms. The molecule has 53 heavy (non-hydrogen) atoms. The monoisotopic (exact) mass is 940 g/mol. The quantitative estimate of drug-likeness (QED) is 0.106. The molecule has 1 aliphatic rings.